The zero-order valence-corrected chi connectivity index (χ0v) is 17.2. The molecule has 1 aliphatic heterocycles. The van der Waals surface area contributed by atoms with E-state index in [4.69, 9.17) is 9.51 Å². The quantitative estimate of drug-likeness (QED) is 0.624. The zero-order chi connectivity index (χ0) is 20.6. The molecule has 0 N–H and O–H groups in total. The molecule has 0 aromatic carbocycles. The summed E-state index contributed by atoms with van der Waals surface area (Å²) in [5.41, 5.74) is 1.36. The van der Waals surface area contributed by atoms with Crippen LogP contribution in [0.4, 0.5) is 0 Å². The smallest absolute Gasteiger partial charge is 0.272 e. The van der Waals surface area contributed by atoms with E-state index in [2.05, 4.69) is 15.2 Å². The second-order valence-corrected chi connectivity index (χ2v) is 8.42. The van der Waals surface area contributed by atoms with Crippen LogP contribution in [0.15, 0.2) is 41.3 Å². The number of hydrogen-bond donors (Lipinski definition) is 0. The third kappa shape index (κ3) is 3.51. The van der Waals surface area contributed by atoms with Gasteiger partial charge in [-0.2, -0.15) is 10.1 Å². The molecule has 2 aliphatic rings. The summed E-state index contributed by atoms with van der Waals surface area (Å²) in [5.74, 6) is 2.07. The van der Waals surface area contributed by atoms with Crippen molar-refractivity contribution in [3.63, 3.8) is 0 Å². The average molecular weight is 406 g/mol. The summed E-state index contributed by atoms with van der Waals surface area (Å²) in [7, 11) is 0. The molecule has 0 atom stereocenters. The van der Waals surface area contributed by atoms with Gasteiger partial charge in [0, 0.05) is 43.6 Å². The maximum atomic E-state index is 13.0. The van der Waals surface area contributed by atoms with E-state index < -0.39 is 0 Å². The third-order valence-corrected chi connectivity index (χ3v) is 6.43. The minimum absolute atomic E-state index is 0.0542. The Morgan fingerprint density at radius 3 is 2.77 bits per heavy atom. The number of aromatic nitrogens is 5. The highest BCUT2D eigenvalue weighted by molar-refractivity contribution is 5.92. The van der Waals surface area contributed by atoms with Crippen molar-refractivity contribution < 1.29 is 9.32 Å². The molecular formula is C22H26N6O2. The van der Waals surface area contributed by atoms with Crippen molar-refractivity contribution >= 4 is 5.91 Å². The van der Waals surface area contributed by atoms with Crippen LogP contribution in [-0.4, -0.2) is 48.8 Å². The van der Waals surface area contributed by atoms with Gasteiger partial charge in [-0.3, -0.25) is 14.5 Å². The highest BCUT2D eigenvalue weighted by Gasteiger charge is 2.45. The van der Waals surface area contributed by atoms with Gasteiger partial charge >= 0.3 is 0 Å². The van der Waals surface area contributed by atoms with Crippen molar-refractivity contribution in [3.05, 3.63) is 48.3 Å². The summed E-state index contributed by atoms with van der Waals surface area (Å²) in [6.07, 6.45) is 10.5. The normalized spacial score (nSPS) is 18.5. The minimum atomic E-state index is -0.132. The number of carbonyl (C=O) groups is 1. The molecule has 3 aromatic rings. The van der Waals surface area contributed by atoms with E-state index in [9.17, 15) is 4.79 Å². The third-order valence-electron chi connectivity index (χ3n) is 6.43. The SMILES string of the molecule is CCn1nccc1C(=O)N1CCC(CC2CC2)(c2noc(-c3cccnc3)n2)CC1. The summed E-state index contributed by atoms with van der Waals surface area (Å²) < 4.78 is 7.36. The van der Waals surface area contributed by atoms with Crippen LogP contribution in [0.25, 0.3) is 11.5 Å². The molecule has 8 nitrogen and oxygen atoms in total. The zero-order valence-electron chi connectivity index (χ0n) is 17.2. The van der Waals surface area contributed by atoms with E-state index in [-0.39, 0.29) is 11.3 Å². The largest absolute Gasteiger partial charge is 0.337 e. The fourth-order valence-corrected chi connectivity index (χ4v) is 4.51. The van der Waals surface area contributed by atoms with Crippen LogP contribution in [0.1, 0.15) is 55.3 Å². The Balaban J connectivity index is 1.36. The standard InChI is InChI=1S/C22H26N6O2/c1-2-28-18(7-11-24-28)20(29)27-12-8-22(9-13-27,14-16-5-6-16)21-25-19(30-26-21)17-4-3-10-23-15-17/h3-4,7,10-11,15-16H,2,5-6,8-9,12-14H2,1H3. The monoisotopic (exact) mass is 406 g/mol. The van der Waals surface area contributed by atoms with E-state index in [0.29, 0.717) is 31.2 Å². The van der Waals surface area contributed by atoms with Crippen molar-refractivity contribution in [2.45, 2.75) is 51.0 Å². The van der Waals surface area contributed by atoms with Crippen LogP contribution in [0, 0.1) is 5.92 Å². The Morgan fingerprint density at radius 2 is 2.07 bits per heavy atom. The molecular weight excluding hydrogens is 380 g/mol. The van der Waals surface area contributed by atoms with Gasteiger partial charge in [0.05, 0.1) is 5.56 Å². The molecule has 0 bridgehead atoms. The molecule has 4 heterocycles. The van der Waals surface area contributed by atoms with Gasteiger partial charge < -0.3 is 9.42 Å². The van der Waals surface area contributed by atoms with Gasteiger partial charge in [-0.05, 0) is 50.3 Å². The van der Waals surface area contributed by atoms with Crippen molar-refractivity contribution in [1.82, 2.24) is 29.8 Å². The first kappa shape index (κ1) is 19.0. The number of likely N-dealkylation sites (tertiary alicyclic amines) is 1. The number of piperidine rings is 1. The van der Waals surface area contributed by atoms with Crippen LogP contribution < -0.4 is 0 Å². The first-order chi connectivity index (χ1) is 14.7. The number of rotatable bonds is 6. The Labute approximate surface area is 175 Å². The van der Waals surface area contributed by atoms with Gasteiger partial charge in [0.2, 0.25) is 0 Å². The van der Waals surface area contributed by atoms with Crippen LogP contribution in [0.2, 0.25) is 0 Å². The summed E-state index contributed by atoms with van der Waals surface area (Å²) >= 11 is 0. The summed E-state index contributed by atoms with van der Waals surface area (Å²) in [6.45, 7) is 4.07. The van der Waals surface area contributed by atoms with Gasteiger partial charge in [-0.25, -0.2) is 0 Å². The summed E-state index contributed by atoms with van der Waals surface area (Å²) in [5, 5.41) is 8.62. The van der Waals surface area contributed by atoms with E-state index in [0.717, 1.165) is 36.6 Å². The lowest BCUT2D eigenvalue weighted by molar-refractivity contribution is 0.0633. The molecule has 2 fully saturated rings. The van der Waals surface area contributed by atoms with Gasteiger partial charge in [0.1, 0.15) is 5.69 Å². The van der Waals surface area contributed by atoms with Gasteiger partial charge in [0.15, 0.2) is 5.82 Å². The highest BCUT2D eigenvalue weighted by Crippen LogP contribution is 2.46. The van der Waals surface area contributed by atoms with Crippen molar-refractivity contribution in [1.29, 1.82) is 0 Å². The molecule has 156 valence electrons. The number of pyridine rings is 1. The molecule has 1 amide bonds. The second kappa shape index (κ2) is 7.66. The molecule has 8 heteroatoms. The molecule has 0 unspecified atom stereocenters. The predicted octanol–water partition coefficient (Wildman–Crippen LogP) is 3.32. The summed E-state index contributed by atoms with van der Waals surface area (Å²) in [6, 6.07) is 5.59. The van der Waals surface area contributed by atoms with Gasteiger partial charge in [0.25, 0.3) is 11.8 Å². The lowest BCUT2D eigenvalue weighted by Gasteiger charge is -2.40. The van der Waals surface area contributed by atoms with Crippen LogP contribution in [0.3, 0.4) is 0 Å². The molecule has 1 saturated carbocycles. The number of nitrogens with zero attached hydrogens (tertiary/aromatic N) is 6. The van der Waals surface area contributed by atoms with E-state index in [1.165, 1.54) is 12.8 Å². The molecule has 1 aliphatic carbocycles. The molecule has 0 radical (unpaired) electrons. The number of carbonyl (C=O) groups excluding carboxylic acids is 1. The molecule has 3 aromatic heterocycles. The number of aryl methyl sites for hydroxylation is 1. The van der Waals surface area contributed by atoms with Crippen molar-refractivity contribution in [2.24, 2.45) is 5.92 Å². The van der Waals surface area contributed by atoms with Gasteiger partial charge in [-0.15, -0.1) is 0 Å². The Kier molecular flexibility index (Phi) is 4.84. The second-order valence-electron chi connectivity index (χ2n) is 8.42. The maximum Gasteiger partial charge on any atom is 0.272 e. The average Bonchev–Trinajstić information content (AvgIpc) is 3.27. The maximum absolute atomic E-state index is 13.0. The van der Waals surface area contributed by atoms with E-state index >= 15 is 0 Å². The number of amides is 1. The van der Waals surface area contributed by atoms with Gasteiger partial charge in [-0.1, -0.05) is 18.0 Å². The van der Waals surface area contributed by atoms with Crippen LogP contribution >= 0.6 is 0 Å². The van der Waals surface area contributed by atoms with Crippen molar-refractivity contribution in [3.8, 4) is 11.5 Å². The van der Waals surface area contributed by atoms with Crippen LogP contribution in [-0.2, 0) is 12.0 Å². The fraction of sp³-hybridized carbons (Fsp3) is 0.500. The molecule has 0 spiro atoms. The fourth-order valence-electron chi connectivity index (χ4n) is 4.51. The lowest BCUT2D eigenvalue weighted by atomic mass is 9.73. The first-order valence-corrected chi connectivity index (χ1v) is 10.7. The van der Waals surface area contributed by atoms with E-state index in [1.54, 1.807) is 29.3 Å². The molecule has 30 heavy (non-hydrogen) atoms. The minimum Gasteiger partial charge on any atom is -0.337 e. The molecule has 1 saturated heterocycles. The summed E-state index contributed by atoms with van der Waals surface area (Å²) in [4.78, 5) is 23.9. The van der Waals surface area contributed by atoms with Crippen LogP contribution in [0.5, 0.6) is 0 Å². The number of hydrogen-bond acceptors (Lipinski definition) is 6. The Hall–Kier alpha value is -3.03. The Morgan fingerprint density at radius 1 is 1.23 bits per heavy atom. The predicted molar refractivity (Wildman–Crippen MR) is 110 cm³/mol. The molecule has 5 rings (SSSR count). The lowest BCUT2D eigenvalue weighted by Crippen LogP contribution is -2.46. The first-order valence-electron chi connectivity index (χ1n) is 10.7. The topological polar surface area (TPSA) is 89.9 Å². The Bertz CT molecular complexity index is 1020. The van der Waals surface area contributed by atoms with E-state index in [1.807, 2.05) is 24.0 Å². The van der Waals surface area contributed by atoms with Crippen molar-refractivity contribution in [2.75, 3.05) is 13.1 Å². The highest BCUT2D eigenvalue weighted by atomic mass is 16.5.